The van der Waals surface area contributed by atoms with Crippen LogP contribution in [0.3, 0.4) is 0 Å². The van der Waals surface area contributed by atoms with E-state index in [9.17, 15) is 8.78 Å². The van der Waals surface area contributed by atoms with Gasteiger partial charge >= 0.3 is 0 Å². The molecule has 0 amide bonds. The predicted molar refractivity (Wildman–Crippen MR) is 81.9 cm³/mol. The molecule has 0 fully saturated rings. The molecule has 0 saturated carbocycles. The highest BCUT2D eigenvalue weighted by atomic mass is 32.1. The normalized spacial score (nSPS) is 11.2. The third kappa shape index (κ3) is 2.57. The maximum atomic E-state index is 13.7. The molecule has 23 heavy (non-hydrogen) atoms. The average molecular weight is 329 g/mol. The van der Waals surface area contributed by atoms with E-state index in [4.69, 9.17) is 0 Å². The maximum absolute atomic E-state index is 13.7. The highest BCUT2D eigenvalue weighted by Crippen LogP contribution is 2.23. The Morgan fingerprint density at radius 2 is 1.78 bits per heavy atom. The van der Waals surface area contributed by atoms with Crippen LogP contribution >= 0.6 is 11.3 Å². The van der Waals surface area contributed by atoms with Crippen molar-refractivity contribution in [2.75, 3.05) is 0 Å². The number of nitrogens with zero attached hydrogens (tertiary/aromatic N) is 5. The molecule has 0 atom stereocenters. The maximum Gasteiger partial charge on any atom is 0.210 e. The van der Waals surface area contributed by atoms with Gasteiger partial charge in [-0.2, -0.15) is 4.80 Å². The van der Waals surface area contributed by atoms with E-state index < -0.39 is 11.6 Å². The van der Waals surface area contributed by atoms with Crippen LogP contribution in [0.25, 0.3) is 21.6 Å². The van der Waals surface area contributed by atoms with E-state index in [2.05, 4.69) is 20.4 Å². The smallest absolute Gasteiger partial charge is 0.210 e. The second-order valence-corrected chi connectivity index (χ2v) is 5.93. The summed E-state index contributed by atoms with van der Waals surface area (Å²) in [4.78, 5) is 5.74. The minimum atomic E-state index is -0.718. The number of benzene rings is 2. The van der Waals surface area contributed by atoms with Crippen LogP contribution < -0.4 is 0 Å². The zero-order valence-electron chi connectivity index (χ0n) is 11.6. The van der Waals surface area contributed by atoms with Gasteiger partial charge < -0.3 is 0 Å². The number of hydrogen-bond donors (Lipinski definition) is 0. The minimum absolute atomic E-state index is 0.0817. The van der Waals surface area contributed by atoms with E-state index in [1.54, 1.807) is 0 Å². The standard InChI is InChI=1S/C15H9F2N5S/c16-9-4-3-5-10(17)14(9)15-19-21-22(20-15)8-13-18-11-6-1-2-7-12(11)23-13/h1-7H,8H2. The van der Waals surface area contributed by atoms with E-state index in [1.165, 1.54) is 22.2 Å². The molecule has 2 heterocycles. The lowest BCUT2D eigenvalue weighted by Gasteiger charge is -1.98. The molecule has 0 aliphatic rings. The number of halogens is 2. The van der Waals surface area contributed by atoms with Gasteiger partial charge in [0.15, 0.2) is 0 Å². The first-order valence-electron chi connectivity index (χ1n) is 6.77. The summed E-state index contributed by atoms with van der Waals surface area (Å²) >= 11 is 1.52. The third-order valence-electron chi connectivity index (χ3n) is 3.25. The van der Waals surface area contributed by atoms with Crippen molar-refractivity contribution in [2.45, 2.75) is 6.54 Å². The minimum Gasteiger partial charge on any atom is -0.239 e. The van der Waals surface area contributed by atoms with Crippen LogP contribution in [0.4, 0.5) is 8.78 Å². The fourth-order valence-corrected chi connectivity index (χ4v) is 3.17. The average Bonchev–Trinajstić information content (AvgIpc) is 3.14. The van der Waals surface area contributed by atoms with Gasteiger partial charge in [0.05, 0.1) is 15.8 Å². The van der Waals surface area contributed by atoms with Crippen molar-refractivity contribution >= 4 is 21.6 Å². The summed E-state index contributed by atoms with van der Waals surface area (Å²) < 4.78 is 28.5. The number of aromatic nitrogens is 5. The molecule has 0 aliphatic carbocycles. The highest BCUT2D eigenvalue weighted by molar-refractivity contribution is 7.18. The monoisotopic (exact) mass is 329 g/mol. The number of tetrazole rings is 1. The van der Waals surface area contributed by atoms with Crippen LogP contribution in [-0.4, -0.2) is 25.2 Å². The summed E-state index contributed by atoms with van der Waals surface area (Å²) in [6.07, 6.45) is 0. The molecule has 8 heteroatoms. The zero-order chi connectivity index (χ0) is 15.8. The second kappa shape index (κ2) is 5.47. The molecule has 0 spiro atoms. The van der Waals surface area contributed by atoms with Crippen LogP contribution in [0, 0.1) is 11.6 Å². The summed E-state index contributed by atoms with van der Waals surface area (Å²) in [5.74, 6) is -1.52. The SMILES string of the molecule is Fc1cccc(F)c1-c1nnn(Cc2nc3ccccc3s2)n1. The summed E-state index contributed by atoms with van der Waals surface area (Å²) in [6.45, 7) is 0.294. The van der Waals surface area contributed by atoms with E-state index in [0.29, 0.717) is 6.54 Å². The van der Waals surface area contributed by atoms with Gasteiger partial charge in [-0.05, 0) is 29.5 Å². The van der Waals surface area contributed by atoms with Gasteiger partial charge in [-0.3, -0.25) is 0 Å². The Morgan fingerprint density at radius 3 is 2.57 bits per heavy atom. The quantitative estimate of drug-likeness (QED) is 0.579. The van der Waals surface area contributed by atoms with Gasteiger partial charge in [0.2, 0.25) is 5.82 Å². The summed E-state index contributed by atoms with van der Waals surface area (Å²) in [5.41, 5.74) is 0.621. The Balaban J connectivity index is 1.65. The first-order valence-corrected chi connectivity index (χ1v) is 7.59. The van der Waals surface area contributed by atoms with E-state index in [-0.39, 0.29) is 11.4 Å². The molecule has 2 aromatic carbocycles. The van der Waals surface area contributed by atoms with Crippen LogP contribution in [0.15, 0.2) is 42.5 Å². The largest absolute Gasteiger partial charge is 0.239 e. The Bertz CT molecular complexity index is 941. The van der Waals surface area contributed by atoms with Gasteiger partial charge in [-0.1, -0.05) is 18.2 Å². The van der Waals surface area contributed by atoms with Crippen molar-refractivity contribution in [3.05, 3.63) is 59.1 Å². The van der Waals surface area contributed by atoms with Crippen molar-refractivity contribution in [3.8, 4) is 11.4 Å². The predicted octanol–water partition coefficient (Wildman–Crippen LogP) is 3.28. The van der Waals surface area contributed by atoms with E-state index in [0.717, 1.165) is 27.4 Å². The summed E-state index contributed by atoms with van der Waals surface area (Å²) in [6, 6.07) is 11.4. The molecule has 5 nitrogen and oxygen atoms in total. The topological polar surface area (TPSA) is 56.5 Å². The lowest BCUT2D eigenvalue weighted by atomic mass is 10.2. The van der Waals surface area contributed by atoms with Crippen LogP contribution in [0.1, 0.15) is 5.01 Å². The van der Waals surface area contributed by atoms with Crippen molar-refractivity contribution < 1.29 is 8.78 Å². The van der Waals surface area contributed by atoms with Gasteiger partial charge in [0.25, 0.3) is 0 Å². The van der Waals surface area contributed by atoms with Crippen LogP contribution in [-0.2, 0) is 6.54 Å². The van der Waals surface area contributed by atoms with Crippen LogP contribution in [0.2, 0.25) is 0 Å². The Hall–Kier alpha value is -2.74. The summed E-state index contributed by atoms with van der Waals surface area (Å²) in [5, 5.41) is 12.4. The molecule has 0 unspecified atom stereocenters. The first kappa shape index (κ1) is 13.9. The molecular weight excluding hydrogens is 320 g/mol. The molecule has 0 aliphatic heterocycles. The molecule has 0 radical (unpaired) electrons. The van der Waals surface area contributed by atoms with Crippen molar-refractivity contribution in [3.63, 3.8) is 0 Å². The van der Waals surface area contributed by atoms with Gasteiger partial charge in [-0.25, -0.2) is 13.8 Å². The van der Waals surface area contributed by atoms with Gasteiger partial charge in [0, 0.05) is 0 Å². The Labute approximate surface area is 133 Å². The molecule has 4 aromatic rings. The molecule has 0 saturated heterocycles. The number of thiazole rings is 1. The number of hydrogen-bond acceptors (Lipinski definition) is 5. The fraction of sp³-hybridized carbons (Fsp3) is 0.0667. The molecule has 114 valence electrons. The van der Waals surface area contributed by atoms with Crippen molar-refractivity contribution in [1.82, 2.24) is 25.2 Å². The summed E-state index contributed by atoms with van der Waals surface area (Å²) in [7, 11) is 0. The van der Waals surface area contributed by atoms with Gasteiger partial charge in [0.1, 0.15) is 23.2 Å². The van der Waals surface area contributed by atoms with Gasteiger partial charge in [-0.15, -0.1) is 21.5 Å². The lowest BCUT2D eigenvalue weighted by molar-refractivity contribution is 0.569. The Kier molecular flexibility index (Phi) is 3.30. The third-order valence-corrected chi connectivity index (χ3v) is 4.28. The fourth-order valence-electron chi connectivity index (χ4n) is 2.23. The number of para-hydroxylation sites is 1. The molecule has 2 aromatic heterocycles. The zero-order valence-corrected chi connectivity index (χ0v) is 12.5. The van der Waals surface area contributed by atoms with Crippen LogP contribution in [0.5, 0.6) is 0 Å². The first-order chi connectivity index (χ1) is 11.2. The van der Waals surface area contributed by atoms with E-state index >= 15 is 0 Å². The lowest BCUT2D eigenvalue weighted by Crippen LogP contribution is -2.03. The number of fused-ring (bicyclic) bond motifs is 1. The Morgan fingerprint density at radius 1 is 1.00 bits per heavy atom. The van der Waals surface area contributed by atoms with E-state index in [1.807, 2.05) is 24.3 Å². The molecular formula is C15H9F2N5S. The molecule has 4 rings (SSSR count). The number of rotatable bonds is 3. The highest BCUT2D eigenvalue weighted by Gasteiger charge is 2.16. The molecule has 0 N–H and O–H groups in total. The molecule has 0 bridgehead atoms. The van der Waals surface area contributed by atoms with Crippen molar-refractivity contribution in [2.24, 2.45) is 0 Å². The van der Waals surface area contributed by atoms with Crippen molar-refractivity contribution in [1.29, 1.82) is 0 Å². The second-order valence-electron chi connectivity index (χ2n) is 4.82.